The number of halogens is 6. The van der Waals surface area contributed by atoms with Gasteiger partial charge in [-0.15, -0.1) is 0 Å². The van der Waals surface area contributed by atoms with Crippen LogP contribution in [0.25, 0.3) is 11.3 Å². The fraction of sp³-hybridized carbons (Fsp3) is 0.433. The average Bonchev–Trinajstić information content (AvgIpc) is 3.67. The van der Waals surface area contributed by atoms with Gasteiger partial charge in [0.25, 0.3) is 5.91 Å². The molecular weight excluding hydrogens is 624 g/mol. The molecule has 1 spiro atoms. The van der Waals surface area contributed by atoms with Crippen molar-refractivity contribution in [3.8, 4) is 22.8 Å². The number of aliphatic carboxylic acids is 1. The van der Waals surface area contributed by atoms with Crippen LogP contribution in [0.5, 0.6) is 11.5 Å². The van der Waals surface area contributed by atoms with Crippen LogP contribution in [0.15, 0.2) is 48.5 Å². The lowest BCUT2D eigenvalue weighted by Gasteiger charge is -2.47. The van der Waals surface area contributed by atoms with Crippen LogP contribution in [-0.4, -0.2) is 84.4 Å². The molecule has 3 aromatic rings. The summed E-state index contributed by atoms with van der Waals surface area (Å²) in [5, 5.41) is 18.0. The second-order valence-electron chi connectivity index (χ2n) is 11.4. The SMILES string of the molecule is COc1ccc(C2CC(C(F)(F)F)n3nc(-c4ccc(C(=O)N5CC6(CCNC6)C5)cc4)cc3N2)cc1OC.O=C(O)C(F)(F)F. The minimum atomic E-state index is -5.08. The molecular formula is C30H31F6N5O5. The number of hydrogen-bond acceptors (Lipinski definition) is 7. The molecule has 0 aliphatic carbocycles. The Hall–Kier alpha value is -4.47. The molecule has 10 nitrogen and oxygen atoms in total. The number of hydrogen-bond donors (Lipinski definition) is 3. The molecule has 6 rings (SSSR count). The molecule has 1 amide bonds. The molecule has 3 aliphatic rings. The average molecular weight is 656 g/mol. The second kappa shape index (κ2) is 12.4. The summed E-state index contributed by atoms with van der Waals surface area (Å²) in [7, 11) is 2.99. The van der Waals surface area contributed by atoms with Gasteiger partial charge >= 0.3 is 18.3 Å². The Morgan fingerprint density at radius 3 is 2.17 bits per heavy atom. The maximum absolute atomic E-state index is 14.2. The maximum atomic E-state index is 14.2. The molecule has 3 aliphatic heterocycles. The number of carboxylic acids is 1. The minimum Gasteiger partial charge on any atom is -0.493 e. The van der Waals surface area contributed by atoms with Crippen LogP contribution in [0, 0.1) is 5.41 Å². The van der Waals surface area contributed by atoms with Gasteiger partial charge in [0.2, 0.25) is 0 Å². The molecule has 3 N–H and O–H groups in total. The number of fused-ring (bicyclic) bond motifs is 1. The zero-order chi connectivity index (χ0) is 33.4. The Bertz CT molecular complexity index is 1580. The first-order chi connectivity index (χ1) is 21.6. The third-order valence-electron chi connectivity index (χ3n) is 8.34. The van der Waals surface area contributed by atoms with Gasteiger partial charge in [0, 0.05) is 48.7 Å². The maximum Gasteiger partial charge on any atom is 0.490 e. The van der Waals surface area contributed by atoms with Crippen LogP contribution < -0.4 is 20.1 Å². The van der Waals surface area contributed by atoms with Crippen molar-refractivity contribution >= 4 is 17.7 Å². The number of nitrogens with one attached hydrogen (secondary N) is 2. The monoisotopic (exact) mass is 655 g/mol. The molecule has 0 radical (unpaired) electrons. The van der Waals surface area contributed by atoms with Gasteiger partial charge in [-0.25, -0.2) is 9.48 Å². The highest BCUT2D eigenvalue weighted by Gasteiger charge is 2.48. The second-order valence-corrected chi connectivity index (χ2v) is 11.4. The van der Waals surface area contributed by atoms with Crippen molar-refractivity contribution in [2.24, 2.45) is 5.41 Å². The van der Waals surface area contributed by atoms with Gasteiger partial charge < -0.3 is 30.1 Å². The number of likely N-dealkylation sites (tertiary alicyclic amines) is 1. The van der Waals surface area contributed by atoms with Gasteiger partial charge in [0.15, 0.2) is 17.5 Å². The first-order valence-electron chi connectivity index (χ1n) is 14.2. The van der Waals surface area contributed by atoms with Gasteiger partial charge in [0.05, 0.1) is 26.0 Å². The Morgan fingerprint density at radius 2 is 1.63 bits per heavy atom. The summed E-state index contributed by atoms with van der Waals surface area (Å²) in [6, 6.07) is 11.2. The molecule has 2 unspecified atom stereocenters. The molecule has 2 aromatic carbocycles. The summed E-state index contributed by atoms with van der Waals surface area (Å²) in [5.74, 6) is -1.56. The number of carbonyl (C=O) groups is 2. The predicted molar refractivity (Wildman–Crippen MR) is 153 cm³/mol. The highest BCUT2D eigenvalue weighted by Crippen LogP contribution is 2.45. The summed E-state index contributed by atoms with van der Waals surface area (Å²) in [5.41, 5.74) is 2.46. The van der Waals surface area contributed by atoms with E-state index in [4.69, 9.17) is 19.4 Å². The zero-order valence-corrected chi connectivity index (χ0v) is 24.7. The quantitative estimate of drug-likeness (QED) is 0.318. The predicted octanol–water partition coefficient (Wildman–Crippen LogP) is 5.30. The van der Waals surface area contributed by atoms with Crippen LogP contribution in [-0.2, 0) is 4.79 Å². The number of carbonyl (C=O) groups excluding carboxylic acids is 1. The van der Waals surface area contributed by atoms with E-state index >= 15 is 0 Å². The van der Waals surface area contributed by atoms with Crippen molar-refractivity contribution in [2.45, 2.75) is 37.3 Å². The van der Waals surface area contributed by atoms with Crippen LogP contribution >= 0.6 is 0 Å². The number of nitrogens with zero attached hydrogens (tertiary/aromatic N) is 3. The first-order valence-corrected chi connectivity index (χ1v) is 14.2. The summed E-state index contributed by atoms with van der Waals surface area (Å²) in [6.45, 7) is 3.44. The number of alkyl halides is 6. The van der Waals surface area contributed by atoms with Gasteiger partial charge in [-0.1, -0.05) is 18.2 Å². The minimum absolute atomic E-state index is 0.0280. The van der Waals surface area contributed by atoms with E-state index in [0.29, 0.717) is 33.9 Å². The summed E-state index contributed by atoms with van der Waals surface area (Å²) in [6.07, 6.45) is -8.72. The number of rotatable bonds is 5. The zero-order valence-electron chi connectivity index (χ0n) is 24.7. The van der Waals surface area contributed by atoms with E-state index in [1.165, 1.54) is 14.2 Å². The highest BCUT2D eigenvalue weighted by molar-refractivity contribution is 5.95. The number of aromatic nitrogens is 2. The molecule has 46 heavy (non-hydrogen) atoms. The molecule has 4 heterocycles. The Kier molecular flexibility index (Phi) is 8.86. The van der Waals surface area contributed by atoms with Crippen molar-refractivity contribution in [3.05, 3.63) is 59.7 Å². The number of ether oxygens (including phenoxy) is 2. The largest absolute Gasteiger partial charge is 0.493 e. The first kappa shape index (κ1) is 32.9. The molecule has 248 valence electrons. The molecule has 2 fully saturated rings. The van der Waals surface area contributed by atoms with E-state index in [2.05, 4.69) is 15.7 Å². The highest BCUT2D eigenvalue weighted by atomic mass is 19.4. The number of amides is 1. The Labute approximate surface area is 259 Å². The van der Waals surface area contributed by atoms with E-state index in [1.54, 1.807) is 48.5 Å². The lowest BCUT2D eigenvalue weighted by atomic mass is 9.79. The molecule has 16 heteroatoms. The van der Waals surface area contributed by atoms with Gasteiger partial charge in [0.1, 0.15) is 5.82 Å². The molecule has 0 saturated carbocycles. The fourth-order valence-electron chi connectivity index (χ4n) is 5.94. The van der Waals surface area contributed by atoms with Gasteiger partial charge in [-0.2, -0.15) is 31.4 Å². The van der Waals surface area contributed by atoms with Crippen LogP contribution in [0.3, 0.4) is 0 Å². The van der Waals surface area contributed by atoms with Crippen molar-refractivity contribution < 1.29 is 50.5 Å². The third kappa shape index (κ3) is 6.71. The van der Waals surface area contributed by atoms with Crippen molar-refractivity contribution in [3.63, 3.8) is 0 Å². The van der Waals surface area contributed by atoms with Crippen LogP contribution in [0.4, 0.5) is 32.2 Å². The van der Waals surface area contributed by atoms with E-state index < -0.39 is 30.4 Å². The normalized spacial score (nSPS) is 20.1. The van der Waals surface area contributed by atoms with Crippen molar-refractivity contribution in [1.29, 1.82) is 0 Å². The fourth-order valence-corrected chi connectivity index (χ4v) is 5.94. The molecule has 2 atom stereocenters. The summed E-state index contributed by atoms with van der Waals surface area (Å²) in [4.78, 5) is 23.7. The molecule has 0 bridgehead atoms. The standard InChI is InChI=1S/C28H30F3N5O3.C2HF3O2/c1-38-22-8-7-19(11-23(22)39-2)20-12-24(28(29,30)31)36-25(33-20)13-21(34-36)17-3-5-18(6-4-17)26(37)35-15-27(16-35)9-10-32-14-27;3-2(4,5)1(6)7/h3-8,11,13,20,24,32-33H,9-10,12,14-16H2,1-2H3;(H,6,7). The number of carboxylic acid groups (broad SMARTS) is 1. The lowest BCUT2D eigenvalue weighted by molar-refractivity contribution is -0.192. The van der Waals surface area contributed by atoms with Crippen molar-refractivity contribution in [1.82, 2.24) is 20.0 Å². The third-order valence-corrected chi connectivity index (χ3v) is 8.34. The molecule has 1 aromatic heterocycles. The van der Waals surface area contributed by atoms with E-state index in [0.717, 1.165) is 37.3 Å². The van der Waals surface area contributed by atoms with Crippen molar-refractivity contribution in [2.75, 3.05) is 45.7 Å². The topological polar surface area (TPSA) is 118 Å². The summed E-state index contributed by atoms with van der Waals surface area (Å²) < 4.78 is 85.9. The van der Waals surface area contributed by atoms with E-state index in [9.17, 15) is 31.1 Å². The van der Waals surface area contributed by atoms with Crippen LogP contribution in [0.1, 0.15) is 40.8 Å². The number of anilines is 1. The Balaban J connectivity index is 0.000000537. The number of benzene rings is 2. The molecule has 2 saturated heterocycles. The summed E-state index contributed by atoms with van der Waals surface area (Å²) >= 11 is 0. The smallest absolute Gasteiger partial charge is 0.490 e. The number of methoxy groups -OCH3 is 2. The van der Waals surface area contributed by atoms with Crippen LogP contribution in [0.2, 0.25) is 0 Å². The lowest BCUT2D eigenvalue weighted by Crippen LogP contribution is -2.59. The van der Waals surface area contributed by atoms with E-state index in [-0.39, 0.29) is 23.6 Å². The van der Waals surface area contributed by atoms with Gasteiger partial charge in [-0.05, 0) is 42.8 Å². The van der Waals surface area contributed by atoms with Gasteiger partial charge in [-0.3, -0.25) is 4.79 Å². The Morgan fingerprint density at radius 1 is 0.978 bits per heavy atom. The van der Waals surface area contributed by atoms with E-state index in [1.807, 2.05) is 4.90 Å².